The lowest BCUT2D eigenvalue weighted by atomic mass is 9.96. The molecule has 0 spiro atoms. The van der Waals surface area contributed by atoms with Gasteiger partial charge in [-0.2, -0.15) is 0 Å². The van der Waals surface area contributed by atoms with Crippen molar-refractivity contribution in [2.24, 2.45) is 4.99 Å². The molecule has 0 fully saturated rings. The van der Waals surface area contributed by atoms with Crippen LogP contribution in [0.1, 0.15) is 55.4 Å². The largest absolute Gasteiger partial charge is 0.494 e. The third-order valence-electron chi connectivity index (χ3n) is 6.47. The van der Waals surface area contributed by atoms with Crippen molar-refractivity contribution in [3.8, 4) is 17.1 Å². The summed E-state index contributed by atoms with van der Waals surface area (Å²) in [7, 11) is 0. The van der Waals surface area contributed by atoms with Crippen LogP contribution in [0.3, 0.4) is 0 Å². The van der Waals surface area contributed by atoms with Crippen LogP contribution in [-0.4, -0.2) is 34.3 Å². The smallest absolute Gasteiger partial charge is 0.338 e. The van der Waals surface area contributed by atoms with Crippen molar-refractivity contribution in [3.05, 3.63) is 107 Å². The highest BCUT2D eigenvalue weighted by Gasteiger charge is 2.34. The molecule has 0 aliphatic carbocycles. The number of rotatable bonds is 8. The zero-order chi connectivity index (χ0) is 30.1. The summed E-state index contributed by atoms with van der Waals surface area (Å²) in [6, 6.07) is 14.1. The third kappa shape index (κ3) is 5.68. The Hall–Kier alpha value is -4.41. The monoisotopic (exact) mass is 606 g/mol. The Balaban J connectivity index is 1.61. The zero-order valence-corrected chi connectivity index (χ0v) is 24.8. The van der Waals surface area contributed by atoms with E-state index >= 15 is 0 Å². The van der Waals surface area contributed by atoms with Crippen LogP contribution in [-0.2, 0) is 9.53 Å². The second kappa shape index (κ2) is 11.8. The summed E-state index contributed by atoms with van der Waals surface area (Å²) in [5.74, 6) is -0.252. The molecule has 9 nitrogen and oxygen atoms in total. The van der Waals surface area contributed by atoms with Crippen LogP contribution in [0, 0.1) is 0 Å². The Morgan fingerprint density at radius 2 is 1.90 bits per heavy atom. The number of aromatic nitrogens is 1. The van der Waals surface area contributed by atoms with Crippen molar-refractivity contribution < 1.29 is 28.6 Å². The first kappa shape index (κ1) is 29.1. The molecule has 5 rings (SSSR count). The summed E-state index contributed by atoms with van der Waals surface area (Å²) >= 11 is 7.47. The molecular formula is C31H27ClN2O7S. The van der Waals surface area contributed by atoms with Gasteiger partial charge in [-0.3, -0.25) is 9.36 Å². The fourth-order valence-corrected chi connectivity index (χ4v) is 5.88. The molecular weight excluding hydrogens is 580 g/mol. The number of allylic oxidation sites excluding steroid dienone is 1. The number of esters is 1. The molecule has 11 heteroatoms. The van der Waals surface area contributed by atoms with Crippen molar-refractivity contribution in [2.75, 3.05) is 6.61 Å². The number of fused-ring (bicyclic) bond motifs is 1. The molecule has 2 aromatic carbocycles. The van der Waals surface area contributed by atoms with Gasteiger partial charge in [0.05, 0.1) is 45.1 Å². The summed E-state index contributed by atoms with van der Waals surface area (Å²) in [6.07, 6.45) is 1.23. The lowest BCUT2D eigenvalue weighted by Crippen LogP contribution is -2.40. The third-order valence-corrected chi connectivity index (χ3v) is 7.78. The zero-order valence-electron chi connectivity index (χ0n) is 23.2. The van der Waals surface area contributed by atoms with Gasteiger partial charge in [0.2, 0.25) is 0 Å². The van der Waals surface area contributed by atoms with Gasteiger partial charge in [-0.05, 0) is 75.7 Å². The molecule has 1 atom stereocenters. The van der Waals surface area contributed by atoms with E-state index in [0.717, 1.165) is 0 Å². The number of carbonyl (C=O) groups excluding carboxylic acids is 1. The summed E-state index contributed by atoms with van der Waals surface area (Å²) in [5.41, 5.74) is 1.56. The number of nitrogens with zero attached hydrogens (tertiary/aromatic N) is 2. The number of aromatic carboxylic acids is 1. The number of benzene rings is 2. The first-order valence-electron chi connectivity index (χ1n) is 13.2. The normalized spacial score (nSPS) is 15.0. The molecule has 0 bridgehead atoms. The predicted molar refractivity (Wildman–Crippen MR) is 159 cm³/mol. The van der Waals surface area contributed by atoms with E-state index < -0.39 is 18.0 Å². The van der Waals surface area contributed by atoms with Gasteiger partial charge >= 0.3 is 11.9 Å². The first-order valence-corrected chi connectivity index (χ1v) is 14.4. The molecule has 0 saturated carbocycles. The van der Waals surface area contributed by atoms with E-state index in [-0.39, 0.29) is 22.8 Å². The SMILES string of the molecule is CCOc1ccc([C@@H]2C(C(=O)OC(C)C)=C(C)N=c3s/c(=C/c4ccc(-c5cc(C(=O)O)ccc5Cl)o4)c(=O)n32)cc1. The fourth-order valence-electron chi connectivity index (χ4n) is 4.64. The number of hydrogen-bond acceptors (Lipinski definition) is 8. The first-order chi connectivity index (χ1) is 20.1. The maximum Gasteiger partial charge on any atom is 0.338 e. The highest BCUT2D eigenvalue weighted by molar-refractivity contribution is 7.07. The van der Waals surface area contributed by atoms with Crippen molar-refractivity contribution in [3.63, 3.8) is 0 Å². The van der Waals surface area contributed by atoms with Gasteiger partial charge in [-0.15, -0.1) is 0 Å². The number of thiazole rings is 1. The Bertz CT molecular complexity index is 1900. The minimum absolute atomic E-state index is 0.0668. The van der Waals surface area contributed by atoms with Gasteiger partial charge in [0, 0.05) is 11.6 Å². The number of carboxylic acids is 1. The van der Waals surface area contributed by atoms with Crippen LogP contribution < -0.4 is 19.6 Å². The quantitative estimate of drug-likeness (QED) is 0.274. The molecule has 0 unspecified atom stereocenters. The maximum atomic E-state index is 13.9. The molecule has 2 aromatic heterocycles. The van der Waals surface area contributed by atoms with Gasteiger partial charge in [-0.25, -0.2) is 14.6 Å². The Morgan fingerprint density at radius 3 is 2.57 bits per heavy atom. The Morgan fingerprint density at radius 1 is 1.17 bits per heavy atom. The van der Waals surface area contributed by atoms with E-state index in [1.807, 2.05) is 19.1 Å². The molecule has 0 radical (unpaired) electrons. The van der Waals surface area contributed by atoms with Crippen molar-refractivity contribution in [2.45, 2.75) is 39.8 Å². The van der Waals surface area contributed by atoms with Crippen molar-refractivity contribution in [1.82, 2.24) is 4.57 Å². The van der Waals surface area contributed by atoms with E-state index in [1.54, 1.807) is 51.1 Å². The number of carboxylic acid groups (broad SMARTS) is 1. The number of hydrogen-bond donors (Lipinski definition) is 1. The lowest BCUT2D eigenvalue weighted by molar-refractivity contribution is -0.143. The van der Waals surface area contributed by atoms with E-state index in [9.17, 15) is 19.5 Å². The second-order valence-electron chi connectivity index (χ2n) is 9.74. The van der Waals surface area contributed by atoms with Crippen molar-refractivity contribution in [1.29, 1.82) is 0 Å². The van der Waals surface area contributed by atoms with Gasteiger partial charge in [0.15, 0.2) is 4.80 Å². The minimum Gasteiger partial charge on any atom is -0.494 e. The average Bonchev–Trinajstić information content (AvgIpc) is 3.52. The Kier molecular flexibility index (Phi) is 8.20. The maximum absolute atomic E-state index is 13.9. The van der Waals surface area contributed by atoms with Crippen LogP contribution in [0.5, 0.6) is 5.75 Å². The number of furan rings is 1. The minimum atomic E-state index is -1.09. The van der Waals surface area contributed by atoms with Gasteiger partial charge in [0.25, 0.3) is 5.56 Å². The van der Waals surface area contributed by atoms with Gasteiger partial charge in [-0.1, -0.05) is 35.1 Å². The highest BCUT2D eigenvalue weighted by Crippen LogP contribution is 2.33. The van der Waals surface area contributed by atoms with E-state index in [0.29, 0.717) is 55.1 Å². The summed E-state index contributed by atoms with van der Waals surface area (Å²) in [6.45, 7) is 7.64. The molecule has 1 N–H and O–H groups in total. The van der Waals surface area contributed by atoms with E-state index in [2.05, 4.69) is 4.99 Å². The van der Waals surface area contributed by atoms with Crippen LogP contribution >= 0.6 is 22.9 Å². The molecule has 1 aliphatic rings. The van der Waals surface area contributed by atoms with E-state index in [1.165, 1.54) is 34.1 Å². The van der Waals surface area contributed by atoms with E-state index in [4.69, 9.17) is 25.5 Å². The topological polar surface area (TPSA) is 120 Å². The second-order valence-corrected chi connectivity index (χ2v) is 11.2. The standard InChI is InChI=1S/C31H27ClN2O7S/c1-5-39-20-9-6-18(7-10-20)27-26(30(38)40-16(2)3)17(4)33-31-34(27)28(35)25(42-31)15-21-11-13-24(41-21)22-14-19(29(36)37)8-12-23(22)32/h6-16,27H,5H2,1-4H3,(H,36,37)/b25-15+/t27-/m1/s1. The highest BCUT2D eigenvalue weighted by atomic mass is 35.5. The number of halogens is 1. The average molecular weight is 607 g/mol. The lowest BCUT2D eigenvalue weighted by Gasteiger charge is -2.25. The van der Waals surface area contributed by atoms with Crippen LogP contribution in [0.15, 0.2) is 80.1 Å². The van der Waals surface area contributed by atoms with Gasteiger partial charge < -0.3 is 19.0 Å². The molecule has 0 amide bonds. The van der Waals surface area contributed by atoms with Crippen LogP contribution in [0.2, 0.25) is 5.02 Å². The summed E-state index contributed by atoms with van der Waals surface area (Å²) < 4.78 is 18.9. The van der Waals surface area contributed by atoms with Crippen molar-refractivity contribution >= 4 is 41.0 Å². The predicted octanol–water partition coefficient (Wildman–Crippen LogP) is 5.20. The summed E-state index contributed by atoms with van der Waals surface area (Å²) in [4.78, 5) is 43.6. The fraction of sp³-hybridized carbons (Fsp3) is 0.226. The van der Waals surface area contributed by atoms with Crippen LogP contribution in [0.4, 0.5) is 0 Å². The van der Waals surface area contributed by atoms with Gasteiger partial charge in [0.1, 0.15) is 17.3 Å². The molecule has 3 heterocycles. The molecule has 216 valence electrons. The summed E-state index contributed by atoms with van der Waals surface area (Å²) in [5, 5.41) is 9.68. The number of carbonyl (C=O) groups is 2. The Labute approximate surface area is 249 Å². The number of ether oxygens (including phenoxy) is 2. The van der Waals surface area contributed by atoms with Crippen LogP contribution in [0.25, 0.3) is 17.4 Å². The molecule has 4 aromatic rings. The molecule has 42 heavy (non-hydrogen) atoms. The molecule has 1 aliphatic heterocycles. The molecule has 0 saturated heterocycles.